The van der Waals surface area contributed by atoms with Gasteiger partial charge in [0.05, 0.1) is 34.5 Å². The lowest BCUT2D eigenvalue weighted by Crippen LogP contribution is -2.45. The van der Waals surface area contributed by atoms with E-state index in [1.165, 1.54) is 34.9 Å². The molecule has 2 heterocycles. The molecular weight excluding hydrogens is 457 g/mol. The smallest absolute Gasteiger partial charge is 0.243 e. The Kier molecular flexibility index (Phi) is 6.95. The lowest BCUT2D eigenvalue weighted by molar-refractivity contribution is -0.124. The van der Waals surface area contributed by atoms with Crippen LogP contribution < -0.4 is 5.32 Å². The molecule has 1 aliphatic rings. The molecule has 1 saturated heterocycles. The van der Waals surface area contributed by atoms with Crippen LogP contribution in [0.15, 0.2) is 65.8 Å². The molecule has 0 saturated carbocycles. The number of sulfonamides is 1. The summed E-state index contributed by atoms with van der Waals surface area (Å²) in [5.74, 6) is -0.401. The number of aromatic nitrogens is 2. The van der Waals surface area contributed by atoms with Crippen molar-refractivity contribution in [2.24, 2.45) is 0 Å². The van der Waals surface area contributed by atoms with Gasteiger partial charge in [-0.1, -0.05) is 24.3 Å². The Labute approximate surface area is 197 Å². The number of hydrogen-bond acceptors (Lipinski definition) is 6. The molecule has 1 fully saturated rings. The first kappa shape index (κ1) is 23.5. The number of carbonyl (C=O) groups is 1. The molecule has 0 radical (unpaired) electrons. The Hall–Kier alpha value is -3.68. The Morgan fingerprint density at radius 3 is 2.56 bits per heavy atom. The lowest BCUT2D eigenvalue weighted by atomic mass is 10.1. The van der Waals surface area contributed by atoms with Crippen molar-refractivity contribution in [1.29, 1.82) is 5.26 Å². The second-order valence-corrected chi connectivity index (χ2v) is 9.74. The number of hydrogen-bond donors (Lipinski definition) is 1. The highest BCUT2D eigenvalue weighted by Gasteiger charge is 2.39. The van der Waals surface area contributed by atoms with E-state index >= 15 is 0 Å². The number of rotatable bonds is 7. The monoisotopic (exact) mass is 479 g/mol. The van der Waals surface area contributed by atoms with E-state index in [1.54, 1.807) is 30.3 Å². The standard InChI is InChI=1S/C24H22FN5O3S/c25-13-17-3-7-19(8-4-17)22-12-20(28-16-29-22)15-27-24(31)23-2-1-11-30(23)34(32,33)21-9-5-18(14-26)6-10-21/h3-10,12,16,23H,1-2,11,13,15H2,(H,27,31)/t23-/m0/s1. The van der Waals surface area contributed by atoms with Crippen LogP contribution in [0.3, 0.4) is 0 Å². The SMILES string of the molecule is N#Cc1ccc(S(=O)(=O)N2CCC[C@H]2C(=O)NCc2cc(-c3ccc(CF)cc3)ncn2)cc1. The Bertz CT molecular complexity index is 1320. The second kappa shape index (κ2) is 10.1. The van der Waals surface area contributed by atoms with Gasteiger partial charge in [0.1, 0.15) is 19.0 Å². The maximum absolute atomic E-state index is 13.1. The van der Waals surface area contributed by atoms with Gasteiger partial charge in [0.25, 0.3) is 0 Å². The fourth-order valence-electron chi connectivity index (χ4n) is 3.84. The van der Waals surface area contributed by atoms with Gasteiger partial charge < -0.3 is 5.32 Å². The van der Waals surface area contributed by atoms with Crippen LogP contribution in [0.2, 0.25) is 0 Å². The van der Waals surface area contributed by atoms with E-state index in [1.807, 2.05) is 6.07 Å². The number of benzene rings is 2. The third-order valence-electron chi connectivity index (χ3n) is 5.67. The summed E-state index contributed by atoms with van der Waals surface area (Å²) in [6.07, 6.45) is 2.37. The van der Waals surface area contributed by atoms with Crippen LogP contribution in [-0.2, 0) is 28.0 Å². The van der Waals surface area contributed by atoms with Gasteiger partial charge in [-0.15, -0.1) is 0 Å². The summed E-state index contributed by atoms with van der Waals surface area (Å²) in [4.78, 5) is 21.4. The highest BCUT2D eigenvalue weighted by molar-refractivity contribution is 7.89. The maximum Gasteiger partial charge on any atom is 0.243 e. The minimum absolute atomic E-state index is 0.0467. The second-order valence-electron chi connectivity index (χ2n) is 7.85. The Morgan fingerprint density at radius 1 is 1.15 bits per heavy atom. The number of nitrogens with zero attached hydrogens (tertiary/aromatic N) is 4. The molecule has 4 rings (SSSR count). The zero-order valence-electron chi connectivity index (χ0n) is 18.2. The van der Waals surface area contributed by atoms with Gasteiger partial charge >= 0.3 is 0 Å². The average molecular weight is 480 g/mol. The summed E-state index contributed by atoms with van der Waals surface area (Å²) in [5.41, 5.74) is 2.92. The molecule has 8 nitrogen and oxygen atoms in total. The Morgan fingerprint density at radius 2 is 1.88 bits per heavy atom. The van der Waals surface area contributed by atoms with Crippen molar-refractivity contribution in [3.8, 4) is 17.3 Å². The zero-order valence-corrected chi connectivity index (χ0v) is 19.0. The summed E-state index contributed by atoms with van der Waals surface area (Å²) < 4.78 is 40.1. The zero-order chi connectivity index (χ0) is 24.1. The predicted octanol–water partition coefficient (Wildman–Crippen LogP) is 2.95. The van der Waals surface area contributed by atoms with Gasteiger partial charge in [0.15, 0.2) is 0 Å². The molecule has 1 atom stereocenters. The molecule has 2 aromatic carbocycles. The van der Waals surface area contributed by atoms with Crippen molar-refractivity contribution >= 4 is 15.9 Å². The van der Waals surface area contributed by atoms with Gasteiger partial charge in [-0.2, -0.15) is 9.57 Å². The van der Waals surface area contributed by atoms with Crippen LogP contribution in [0.25, 0.3) is 11.3 Å². The van der Waals surface area contributed by atoms with Crippen molar-refractivity contribution < 1.29 is 17.6 Å². The minimum Gasteiger partial charge on any atom is -0.349 e. The molecule has 10 heteroatoms. The van der Waals surface area contributed by atoms with Gasteiger partial charge in [0.2, 0.25) is 15.9 Å². The van der Waals surface area contributed by atoms with Gasteiger partial charge in [-0.25, -0.2) is 22.8 Å². The molecule has 1 aromatic heterocycles. The van der Waals surface area contributed by atoms with Gasteiger partial charge in [-0.05, 0) is 48.7 Å². The summed E-state index contributed by atoms with van der Waals surface area (Å²) in [6.45, 7) is -0.189. The van der Waals surface area contributed by atoms with Crippen molar-refractivity contribution in [3.63, 3.8) is 0 Å². The molecule has 1 aliphatic heterocycles. The number of nitriles is 1. The highest BCUT2D eigenvalue weighted by atomic mass is 32.2. The van der Waals surface area contributed by atoms with E-state index in [4.69, 9.17) is 5.26 Å². The molecule has 34 heavy (non-hydrogen) atoms. The molecular formula is C24H22FN5O3S. The van der Waals surface area contributed by atoms with Gasteiger partial charge in [-0.3, -0.25) is 4.79 Å². The van der Waals surface area contributed by atoms with E-state index in [-0.39, 0.29) is 18.0 Å². The molecule has 0 spiro atoms. The van der Waals surface area contributed by atoms with E-state index < -0.39 is 28.6 Å². The average Bonchev–Trinajstić information content (AvgIpc) is 3.39. The number of halogens is 1. The number of alkyl halides is 1. The largest absolute Gasteiger partial charge is 0.349 e. The van der Waals surface area contributed by atoms with Crippen LogP contribution in [0.5, 0.6) is 0 Å². The quantitative estimate of drug-likeness (QED) is 0.557. The molecule has 0 bridgehead atoms. The van der Waals surface area contributed by atoms with E-state index in [9.17, 15) is 17.6 Å². The Balaban J connectivity index is 1.44. The van der Waals surface area contributed by atoms with Crippen LogP contribution in [-0.4, -0.2) is 41.2 Å². The normalized spacial score (nSPS) is 16.2. The third kappa shape index (κ3) is 4.95. The molecule has 1 amide bonds. The first-order valence-electron chi connectivity index (χ1n) is 10.7. The predicted molar refractivity (Wildman–Crippen MR) is 122 cm³/mol. The highest BCUT2D eigenvalue weighted by Crippen LogP contribution is 2.26. The van der Waals surface area contributed by atoms with E-state index in [0.717, 1.165) is 5.56 Å². The first-order valence-corrected chi connectivity index (χ1v) is 12.1. The number of carbonyl (C=O) groups excluding carboxylic acids is 1. The molecule has 1 N–H and O–H groups in total. The molecule has 3 aromatic rings. The molecule has 0 unspecified atom stereocenters. The van der Waals surface area contributed by atoms with Crippen LogP contribution in [0, 0.1) is 11.3 Å². The minimum atomic E-state index is -3.88. The van der Waals surface area contributed by atoms with E-state index in [2.05, 4.69) is 15.3 Å². The van der Waals surface area contributed by atoms with Crippen LogP contribution in [0.1, 0.15) is 29.7 Å². The van der Waals surface area contributed by atoms with Crippen LogP contribution in [0.4, 0.5) is 4.39 Å². The van der Waals surface area contributed by atoms with Crippen LogP contribution >= 0.6 is 0 Å². The summed E-state index contributed by atoms with van der Waals surface area (Å²) >= 11 is 0. The topological polar surface area (TPSA) is 116 Å². The van der Waals surface area contributed by atoms with Crippen molar-refractivity contribution in [3.05, 3.63) is 77.7 Å². The first-order chi connectivity index (χ1) is 16.4. The van der Waals surface area contributed by atoms with Crippen molar-refractivity contribution in [1.82, 2.24) is 19.6 Å². The molecule has 174 valence electrons. The summed E-state index contributed by atoms with van der Waals surface area (Å²) in [7, 11) is -3.88. The fraction of sp³-hybridized carbons (Fsp3) is 0.250. The third-order valence-corrected chi connectivity index (χ3v) is 7.59. The fourth-order valence-corrected chi connectivity index (χ4v) is 5.50. The lowest BCUT2D eigenvalue weighted by Gasteiger charge is -2.23. The molecule has 0 aliphatic carbocycles. The summed E-state index contributed by atoms with van der Waals surface area (Å²) in [5, 5.41) is 11.7. The number of amides is 1. The van der Waals surface area contributed by atoms with Gasteiger partial charge in [0, 0.05) is 12.1 Å². The van der Waals surface area contributed by atoms with Crippen molar-refractivity contribution in [2.75, 3.05) is 6.54 Å². The maximum atomic E-state index is 13.1. The summed E-state index contributed by atoms with van der Waals surface area (Å²) in [6, 6.07) is 15.4. The van der Waals surface area contributed by atoms with E-state index in [0.29, 0.717) is 35.4 Å². The number of nitrogens with one attached hydrogen (secondary N) is 1. The van der Waals surface area contributed by atoms with Crippen molar-refractivity contribution in [2.45, 2.75) is 37.0 Å².